The Hall–Kier alpha value is -2.78. The molecule has 0 unspecified atom stereocenters. The zero-order chi connectivity index (χ0) is 19.9. The van der Waals surface area contributed by atoms with E-state index in [-0.39, 0.29) is 5.91 Å². The van der Waals surface area contributed by atoms with Gasteiger partial charge in [-0.15, -0.1) is 0 Å². The SMILES string of the molecule is Cc1cc(Cl)ccc1OCCCC(=O)N1CCN(c2ncccc2C#N)CC1. The third-order valence-corrected chi connectivity index (χ3v) is 5.00. The van der Waals surface area contributed by atoms with Crippen molar-refractivity contribution in [3.63, 3.8) is 0 Å². The first kappa shape index (κ1) is 20.0. The van der Waals surface area contributed by atoms with Gasteiger partial charge in [0, 0.05) is 43.8 Å². The fourth-order valence-electron chi connectivity index (χ4n) is 3.24. The molecule has 1 fully saturated rings. The van der Waals surface area contributed by atoms with E-state index in [1.54, 1.807) is 24.4 Å². The quantitative estimate of drug-likeness (QED) is 0.697. The first-order valence-electron chi connectivity index (χ1n) is 9.35. The molecule has 0 spiro atoms. The number of rotatable bonds is 6. The highest BCUT2D eigenvalue weighted by molar-refractivity contribution is 6.30. The topological polar surface area (TPSA) is 69.5 Å². The number of pyridine rings is 1. The van der Waals surface area contributed by atoms with Crippen LogP contribution in [-0.4, -0.2) is 48.6 Å². The van der Waals surface area contributed by atoms with E-state index in [0.717, 1.165) is 11.3 Å². The van der Waals surface area contributed by atoms with Gasteiger partial charge in [-0.25, -0.2) is 4.98 Å². The van der Waals surface area contributed by atoms with Crippen LogP contribution < -0.4 is 9.64 Å². The number of nitrogens with zero attached hydrogens (tertiary/aromatic N) is 4. The van der Waals surface area contributed by atoms with Crippen LogP contribution in [0.5, 0.6) is 5.75 Å². The maximum Gasteiger partial charge on any atom is 0.222 e. The minimum Gasteiger partial charge on any atom is -0.493 e. The molecule has 0 N–H and O–H groups in total. The van der Waals surface area contributed by atoms with Crippen LogP contribution in [0, 0.1) is 18.3 Å². The largest absolute Gasteiger partial charge is 0.493 e. The van der Waals surface area contributed by atoms with Crippen molar-refractivity contribution in [2.75, 3.05) is 37.7 Å². The molecule has 3 rings (SSSR count). The molecule has 1 aromatic heterocycles. The number of hydrogen-bond donors (Lipinski definition) is 0. The summed E-state index contributed by atoms with van der Waals surface area (Å²) >= 11 is 5.94. The van der Waals surface area contributed by atoms with Crippen LogP contribution in [0.15, 0.2) is 36.5 Å². The number of anilines is 1. The van der Waals surface area contributed by atoms with Crippen LogP contribution >= 0.6 is 11.6 Å². The summed E-state index contributed by atoms with van der Waals surface area (Å²) in [6.07, 6.45) is 2.82. The molecule has 2 heterocycles. The Labute approximate surface area is 170 Å². The number of carbonyl (C=O) groups excluding carboxylic acids is 1. The Morgan fingerprint density at radius 2 is 2.07 bits per heavy atom. The number of nitriles is 1. The number of ether oxygens (including phenoxy) is 1. The molecule has 1 aromatic carbocycles. The molecule has 1 saturated heterocycles. The summed E-state index contributed by atoms with van der Waals surface area (Å²) in [5, 5.41) is 9.91. The molecule has 0 bridgehead atoms. The van der Waals surface area contributed by atoms with Gasteiger partial charge in [0.2, 0.25) is 5.91 Å². The molecular formula is C21H23ClN4O2. The molecule has 146 valence electrons. The first-order chi connectivity index (χ1) is 13.6. The maximum absolute atomic E-state index is 12.5. The molecule has 6 nitrogen and oxygen atoms in total. The summed E-state index contributed by atoms with van der Waals surface area (Å²) < 4.78 is 5.75. The van der Waals surface area contributed by atoms with Crippen molar-refractivity contribution in [1.29, 1.82) is 5.26 Å². The fraction of sp³-hybridized carbons (Fsp3) is 0.381. The van der Waals surface area contributed by atoms with Crippen molar-refractivity contribution in [2.45, 2.75) is 19.8 Å². The van der Waals surface area contributed by atoms with Crippen LogP contribution in [0.3, 0.4) is 0 Å². The van der Waals surface area contributed by atoms with E-state index in [1.807, 2.05) is 24.0 Å². The summed E-state index contributed by atoms with van der Waals surface area (Å²) in [5.41, 5.74) is 1.55. The summed E-state index contributed by atoms with van der Waals surface area (Å²) in [4.78, 5) is 20.7. The number of benzene rings is 1. The van der Waals surface area contributed by atoms with Crippen LogP contribution in [-0.2, 0) is 4.79 Å². The normalized spacial score (nSPS) is 13.9. The molecular weight excluding hydrogens is 376 g/mol. The van der Waals surface area contributed by atoms with Crippen LogP contribution in [0.4, 0.5) is 5.82 Å². The number of aryl methyl sites for hydroxylation is 1. The van der Waals surface area contributed by atoms with Gasteiger partial charge in [-0.05, 0) is 49.2 Å². The molecule has 0 aliphatic carbocycles. The average molecular weight is 399 g/mol. The average Bonchev–Trinajstić information content (AvgIpc) is 2.72. The zero-order valence-electron chi connectivity index (χ0n) is 15.9. The zero-order valence-corrected chi connectivity index (χ0v) is 16.7. The number of aromatic nitrogens is 1. The summed E-state index contributed by atoms with van der Waals surface area (Å²) in [6.45, 7) is 5.07. The standard InChI is InChI=1S/C21H23ClN4O2/c1-16-14-18(22)6-7-19(16)28-13-3-5-20(27)25-9-11-26(12-10-25)21-17(15-23)4-2-8-24-21/h2,4,6-8,14H,3,5,9-13H2,1H3. The smallest absolute Gasteiger partial charge is 0.222 e. The molecule has 0 saturated carbocycles. The van der Waals surface area contributed by atoms with E-state index < -0.39 is 0 Å². The van der Waals surface area contributed by atoms with E-state index in [2.05, 4.69) is 16.0 Å². The van der Waals surface area contributed by atoms with E-state index in [4.69, 9.17) is 16.3 Å². The highest BCUT2D eigenvalue weighted by atomic mass is 35.5. The molecule has 0 atom stereocenters. The monoisotopic (exact) mass is 398 g/mol. The minimum atomic E-state index is 0.137. The molecule has 0 radical (unpaired) electrons. The minimum absolute atomic E-state index is 0.137. The lowest BCUT2D eigenvalue weighted by atomic mass is 10.2. The van der Waals surface area contributed by atoms with Crippen LogP contribution in [0.2, 0.25) is 5.02 Å². The summed E-state index contributed by atoms with van der Waals surface area (Å²) in [6, 6.07) is 11.2. The van der Waals surface area contributed by atoms with Crippen molar-refractivity contribution >= 4 is 23.3 Å². The first-order valence-corrected chi connectivity index (χ1v) is 9.73. The van der Waals surface area contributed by atoms with Gasteiger partial charge in [0.05, 0.1) is 12.2 Å². The molecule has 7 heteroatoms. The Balaban J connectivity index is 1.42. The maximum atomic E-state index is 12.5. The number of carbonyl (C=O) groups is 1. The molecule has 1 aliphatic heterocycles. The van der Waals surface area contributed by atoms with Crippen molar-refractivity contribution in [1.82, 2.24) is 9.88 Å². The predicted molar refractivity (Wildman–Crippen MR) is 109 cm³/mol. The lowest BCUT2D eigenvalue weighted by molar-refractivity contribution is -0.131. The second-order valence-electron chi connectivity index (χ2n) is 6.72. The molecule has 28 heavy (non-hydrogen) atoms. The summed E-state index contributed by atoms with van der Waals surface area (Å²) in [5.74, 6) is 1.63. The second kappa shape index (κ2) is 9.43. The second-order valence-corrected chi connectivity index (χ2v) is 7.15. The number of halogens is 1. The van der Waals surface area contributed by atoms with Crippen molar-refractivity contribution in [2.24, 2.45) is 0 Å². The van der Waals surface area contributed by atoms with Gasteiger partial charge in [-0.1, -0.05) is 11.6 Å². The fourth-order valence-corrected chi connectivity index (χ4v) is 3.47. The Morgan fingerprint density at radius 3 is 2.79 bits per heavy atom. The van der Waals surface area contributed by atoms with Crippen LogP contribution in [0.25, 0.3) is 0 Å². The molecule has 2 aromatic rings. The van der Waals surface area contributed by atoms with Crippen molar-refractivity contribution < 1.29 is 9.53 Å². The van der Waals surface area contributed by atoms with E-state index in [9.17, 15) is 10.1 Å². The molecule has 1 aliphatic rings. The van der Waals surface area contributed by atoms with Gasteiger partial charge in [-0.3, -0.25) is 4.79 Å². The van der Waals surface area contributed by atoms with Gasteiger partial charge < -0.3 is 14.5 Å². The third kappa shape index (κ3) is 4.93. The van der Waals surface area contributed by atoms with Gasteiger partial charge in [0.25, 0.3) is 0 Å². The lowest BCUT2D eigenvalue weighted by Crippen LogP contribution is -2.49. The number of piperazine rings is 1. The van der Waals surface area contributed by atoms with Gasteiger partial charge in [-0.2, -0.15) is 5.26 Å². The predicted octanol–water partition coefficient (Wildman–Crippen LogP) is 3.42. The summed E-state index contributed by atoms with van der Waals surface area (Å²) in [7, 11) is 0. The van der Waals surface area contributed by atoms with E-state index in [0.29, 0.717) is 62.0 Å². The van der Waals surface area contributed by atoms with Gasteiger partial charge in [0.15, 0.2) is 0 Å². The number of hydrogen-bond acceptors (Lipinski definition) is 5. The highest BCUT2D eigenvalue weighted by Gasteiger charge is 2.23. The Morgan fingerprint density at radius 1 is 1.29 bits per heavy atom. The van der Waals surface area contributed by atoms with Crippen LogP contribution in [0.1, 0.15) is 24.0 Å². The van der Waals surface area contributed by atoms with Gasteiger partial charge in [0.1, 0.15) is 17.6 Å². The third-order valence-electron chi connectivity index (χ3n) is 4.77. The van der Waals surface area contributed by atoms with Crippen molar-refractivity contribution in [3.8, 4) is 11.8 Å². The molecule has 1 amide bonds. The number of amides is 1. The lowest BCUT2D eigenvalue weighted by Gasteiger charge is -2.35. The van der Waals surface area contributed by atoms with Gasteiger partial charge >= 0.3 is 0 Å². The highest BCUT2D eigenvalue weighted by Crippen LogP contribution is 2.22. The Bertz CT molecular complexity index is 873. The Kier molecular flexibility index (Phi) is 6.72. The van der Waals surface area contributed by atoms with Crippen molar-refractivity contribution in [3.05, 3.63) is 52.7 Å². The van der Waals surface area contributed by atoms with E-state index >= 15 is 0 Å². The van der Waals surface area contributed by atoms with E-state index in [1.165, 1.54) is 0 Å².